The molecule has 0 bridgehead atoms. The van der Waals surface area contributed by atoms with Crippen molar-refractivity contribution in [1.29, 1.82) is 0 Å². The van der Waals surface area contributed by atoms with Gasteiger partial charge in [-0.25, -0.2) is 9.97 Å². The molecule has 2 aliphatic rings. The van der Waals surface area contributed by atoms with Gasteiger partial charge in [-0.2, -0.15) is 0 Å². The third-order valence-electron chi connectivity index (χ3n) is 4.80. The molecular weight excluding hydrogens is 292 g/mol. The van der Waals surface area contributed by atoms with Crippen molar-refractivity contribution in [2.45, 2.75) is 27.2 Å². The lowest BCUT2D eigenvalue weighted by Crippen LogP contribution is -2.72. The van der Waals surface area contributed by atoms with Gasteiger partial charge >= 0.3 is 0 Å². The average Bonchev–Trinajstić information content (AvgIpc) is 2.82. The second kappa shape index (κ2) is 5.17. The minimum absolute atomic E-state index is 0.537. The molecule has 1 spiro atoms. The van der Waals surface area contributed by atoms with Crippen molar-refractivity contribution in [3.8, 4) is 0 Å². The smallest absolute Gasteiger partial charge is 0.140 e. The van der Waals surface area contributed by atoms with Crippen LogP contribution in [-0.4, -0.2) is 47.6 Å². The Morgan fingerprint density at radius 3 is 2.68 bits per heavy atom. The number of likely N-dealkylation sites (tertiary alicyclic amines) is 1. The third-order valence-corrected chi connectivity index (χ3v) is 5.99. The molecule has 0 saturated carbocycles. The van der Waals surface area contributed by atoms with Crippen LogP contribution in [0.4, 0.5) is 5.82 Å². The molecule has 2 saturated heterocycles. The van der Waals surface area contributed by atoms with Crippen LogP contribution in [0.25, 0.3) is 10.2 Å². The fourth-order valence-corrected chi connectivity index (χ4v) is 4.91. The summed E-state index contributed by atoms with van der Waals surface area (Å²) in [6, 6.07) is 2.28. The number of hydrogen-bond acceptors (Lipinski definition) is 5. The standard InChI is InChI=1S/C17H24N4S/c1-4-13-5-14-15(18-11-19-16(14)22-13)21-9-17(10-21)7-20(8-17)6-12(2)3/h5,11-12H,4,6-10H2,1-3H3. The number of thiophene rings is 1. The molecule has 0 atom stereocenters. The van der Waals surface area contributed by atoms with E-state index in [9.17, 15) is 0 Å². The van der Waals surface area contributed by atoms with Gasteiger partial charge in [-0.05, 0) is 18.4 Å². The van der Waals surface area contributed by atoms with Crippen molar-refractivity contribution >= 4 is 27.4 Å². The Bertz CT molecular complexity index is 679. The maximum Gasteiger partial charge on any atom is 0.140 e. The summed E-state index contributed by atoms with van der Waals surface area (Å²) in [7, 11) is 0. The number of nitrogens with zero attached hydrogens (tertiary/aromatic N) is 4. The first kappa shape index (κ1) is 14.4. The maximum atomic E-state index is 4.58. The number of aromatic nitrogens is 2. The van der Waals surface area contributed by atoms with Crippen LogP contribution in [0.5, 0.6) is 0 Å². The van der Waals surface area contributed by atoms with E-state index in [-0.39, 0.29) is 0 Å². The number of hydrogen-bond donors (Lipinski definition) is 0. The number of aryl methyl sites for hydroxylation is 1. The summed E-state index contributed by atoms with van der Waals surface area (Å²) in [6.07, 6.45) is 2.80. The zero-order chi connectivity index (χ0) is 15.3. The van der Waals surface area contributed by atoms with E-state index in [1.54, 1.807) is 17.7 Å². The molecule has 0 N–H and O–H groups in total. The van der Waals surface area contributed by atoms with Crippen LogP contribution in [0.1, 0.15) is 25.6 Å². The van der Waals surface area contributed by atoms with Crippen LogP contribution < -0.4 is 4.90 Å². The first-order chi connectivity index (χ1) is 10.6. The van der Waals surface area contributed by atoms with E-state index in [2.05, 4.69) is 46.6 Å². The summed E-state index contributed by atoms with van der Waals surface area (Å²) < 4.78 is 0. The van der Waals surface area contributed by atoms with Crippen molar-refractivity contribution in [3.05, 3.63) is 17.3 Å². The van der Waals surface area contributed by atoms with Crippen LogP contribution in [0.15, 0.2) is 12.4 Å². The molecule has 0 radical (unpaired) electrons. The van der Waals surface area contributed by atoms with E-state index < -0.39 is 0 Å². The Kier molecular flexibility index (Phi) is 3.38. The van der Waals surface area contributed by atoms with Crippen molar-refractivity contribution < 1.29 is 0 Å². The van der Waals surface area contributed by atoms with Crippen molar-refractivity contribution in [3.63, 3.8) is 0 Å². The molecular formula is C17H24N4S. The summed E-state index contributed by atoms with van der Waals surface area (Å²) in [5.41, 5.74) is 0.537. The minimum atomic E-state index is 0.537. The number of rotatable bonds is 4. The molecule has 4 nitrogen and oxygen atoms in total. The summed E-state index contributed by atoms with van der Waals surface area (Å²) in [6.45, 7) is 12.9. The highest BCUT2D eigenvalue weighted by atomic mass is 32.1. The predicted molar refractivity (Wildman–Crippen MR) is 92.7 cm³/mol. The van der Waals surface area contributed by atoms with E-state index in [4.69, 9.17) is 0 Å². The highest BCUT2D eigenvalue weighted by Crippen LogP contribution is 2.43. The van der Waals surface area contributed by atoms with Crippen LogP contribution >= 0.6 is 11.3 Å². The lowest BCUT2D eigenvalue weighted by molar-refractivity contribution is -0.0281. The molecule has 2 aliphatic heterocycles. The van der Waals surface area contributed by atoms with Crippen molar-refractivity contribution in [2.24, 2.45) is 11.3 Å². The second-order valence-corrected chi connectivity index (χ2v) is 8.52. The summed E-state index contributed by atoms with van der Waals surface area (Å²) in [4.78, 5) is 16.6. The normalized spacial score (nSPS) is 20.6. The Morgan fingerprint density at radius 2 is 2.00 bits per heavy atom. The molecule has 5 heteroatoms. The van der Waals surface area contributed by atoms with E-state index in [1.165, 1.54) is 29.9 Å². The van der Waals surface area contributed by atoms with Gasteiger partial charge in [0, 0.05) is 43.0 Å². The fourth-order valence-electron chi connectivity index (χ4n) is 3.98. The molecule has 22 heavy (non-hydrogen) atoms. The van der Waals surface area contributed by atoms with E-state index in [1.807, 2.05) is 0 Å². The zero-order valence-corrected chi connectivity index (χ0v) is 14.5. The van der Waals surface area contributed by atoms with E-state index in [0.29, 0.717) is 5.41 Å². The van der Waals surface area contributed by atoms with Gasteiger partial charge in [-0.1, -0.05) is 20.8 Å². The first-order valence-electron chi connectivity index (χ1n) is 8.29. The van der Waals surface area contributed by atoms with Crippen molar-refractivity contribution in [1.82, 2.24) is 14.9 Å². The average molecular weight is 316 g/mol. The van der Waals surface area contributed by atoms with Crippen LogP contribution in [0.3, 0.4) is 0 Å². The number of anilines is 1. The fraction of sp³-hybridized carbons (Fsp3) is 0.647. The molecule has 4 heterocycles. The Hall–Kier alpha value is -1.20. The van der Waals surface area contributed by atoms with Crippen molar-refractivity contribution in [2.75, 3.05) is 37.6 Å². The highest BCUT2D eigenvalue weighted by Gasteiger charge is 2.52. The molecule has 0 aliphatic carbocycles. The Morgan fingerprint density at radius 1 is 1.23 bits per heavy atom. The molecule has 4 rings (SSSR count). The molecule has 118 valence electrons. The zero-order valence-electron chi connectivity index (χ0n) is 13.7. The second-order valence-electron chi connectivity index (χ2n) is 7.40. The molecule has 0 aromatic carbocycles. The van der Waals surface area contributed by atoms with E-state index in [0.717, 1.165) is 36.1 Å². The maximum absolute atomic E-state index is 4.58. The predicted octanol–water partition coefficient (Wildman–Crippen LogP) is 3.03. The Labute approximate surface area is 136 Å². The largest absolute Gasteiger partial charge is 0.355 e. The first-order valence-corrected chi connectivity index (χ1v) is 9.11. The lowest BCUT2D eigenvalue weighted by atomic mass is 9.72. The number of fused-ring (bicyclic) bond motifs is 1. The molecule has 2 aromatic rings. The molecule has 2 fully saturated rings. The van der Waals surface area contributed by atoms with Gasteiger partial charge < -0.3 is 9.80 Å². The SMILES string of the molecule is CCc1cc2c(N3CC4(CN(CC(C)C)C4)C3)ncnc2s1. The van der Waals surface area contributed by atoms with Gasteiger partial charge in [-0.3, -0.25) is 0 Å². The highest BCUT2D eigenvalue weighted by molar-refractivity contribution is 7.18. The Balaban J connectivity index is 1.46. The van der Waals surface area contributed by atoms with Crippen LogP contribution in [0.2, 0.25) is 0 Å². The molecule has 0 unspecified atom stereocenters. The van der Waals surface area contributed by atoms with Gasteiger partial charge in [0.1, 0.15) is 17.0 Å². The minimum Gasteiger partial charge on any atom is -0.355 e. The van der Waals surface area contributed by atoms with Crippen LogP contribution in [0, 0.1) is 11.3 Å². The van der Waals surface area contributed by atoms with Gasteiger partial charge in [0.05, 0.1) is 5.39 Å². The third kappa shape index (κ3) is 2.31. The van der Waals surface area contributed by atoms with E-state index >= 15 is 0 Å². The monoisotopic (exact) mass is 316 g/mol. The van der Waals surface area contributed by atoms with Gasteiger partial charge in [0.15, 0.2) is 0 Å². The summed E-state index contributed by atoms with van der Waals surface area (Å²) >= 11 is 1.80. The topological polar surface area (TPSA) is 32.3 Å². The summed E-state index contributed by atoms with van der Waals surface area (Å²) in [5.74, 6) is 1.92. The van der Waals surface area contributed by atoms with Gasteiger partial charge in [0.25, 0.3) is 0 Å². The molecule has 2 aromatic heterocycles. The van der Waals surface area contributed by atoms with Gasteiger partial charge in [-0.15, -0.1) is 11.3 Å². The lowest BCUT2D eigenvalue weighted by Gasteiger charge is -2.61. The van der Waals surface area contributed by atoms with Crippen LogP contribution in [-0.2, 0) is 6.42 Å². The summed E-state index contributed by atoms with van der Waals surface area (Å²) in [5, 5.41) is 1.25. The van der Waals surface area contributed by atoms with Gasteiger partial charge in [0.2, 0.25) is 0 Å². The molecule has 0 amide bonds. The quantitative estimate of drug-likeness (QED) is 0.868.